The molecule has 0 N–H and O–H groups in total. The van der Waals surface area contributed by atoms with E-state index < -0.39 is 6.29 Å². The minimum Gasteiger partial charge on any atom is -0.351 e. The Bertz CT molecular complexity index is 219. The van der Waals surface area contributed by atoms with Gasteiger partial charge in [0.2, 0.25) is 0 Å². The van der Waals surface area contributed by atoms with Crippen molar-refractivity contribution in [3.8, 4) is 0 Å². The molecule has 0 atom stereocenters. The Morgan fingerprint density at radius 1 is 1.47 bits per heavy atom. The molecule has 5 heteroatoms. The fourth-order valence-corrected chi connectivity index (χ4v) is 1.22. The number of hydroxylamine groups is 2. The van der Waals surface area contributed by atoms with Crippen molar-refractivity contribution < 1.29 is 19.1 Å². The molecule has 0 saturated carbocycles. The van der Waals surface area contributed by atoms with Gasteiger partial charge in [-0.3, -0.25) is 9.63 Å². The number of rotatable bonds is 3. The monoisotopic (exact) mass is 217 g/mol. The smallest absolute Gasteiger partial charge is 0.250 e. The average Bonchev–Trinajstić information content (AvgIpc) is 2.20. The van der Waals surface area contributed by atoms with E-state index in [0.29, 0.717) is 13.2 Å². The molecule has 1 saturated heterocycles. The molecule has 0 aliphatic carbocycles. The maximum Gasteiger partial charge on any atom is 0.250 e. The van der Waals surface area contributed by atoms with Crippen LogP contribution in [0.5, 0.6) is 0 Å². The van der Waals surface area contributed by atoms with Crippen LogP contribution in [0, 0.1) is 5.41 Å². The van der Waals surface area contributed by atoms with E-state index in [1.807, 2.05) is 0 Å². The highest BCUT2D eigenvalue weighted by Crippen LogP contribution is 2.24. The summed E-state index contributed by atoms with van der Waals surface area (Å²) in [6.45, 7) is 5.35. The largest absolute Gasteiger partial charge is 0.351 e. The lowest BCUT2D eigenvalue weighted by Crippen LogP contribution is -2.40. The lowest BCUT2D eigenvalue weighted by Gasteiger charge is -2.34. The van der Waals surface area contributed by atoms with E-state index in [1.165, 1.54) is 12.2 Å². The fourth-order valence-electron chi connectivity index (χ4n) is 1.22. The maximum absolute atomic E-state index is 11.4. The standard InChI is InChI=1S/C10H19NO4/c1-10(2)6-14-9(15-7-10)5-8(12)11(3)13-4/h9H,5-7H2,1-4H3. The van der Waals surface area contributed by atoms with E-state index in [1.54, 1.807) is 7.05 Å². The third-order valence-electron chi connectivity index (χ3n) is 2.29. The van der Waals surface area contributed by atoms with Crippen molar-refractivity contribution in [3.63, 3.8) is 0 Å². The van der Waals surface area contributed by atoms with Crippen LogP contribution in [0.1, 0.15) is 20.3 Å². The first-order chi connectivity index (χ1) is 6.94. The zero-order valence-corrected chi connectivity index (χ0v) is 9.78. The average molecular weight is 217 g/mol. The van der Waals surface area contributed by atoms with E-state index in [2.05, 4.69) is 13.8 Å². The molecule has 15 heavy (non-hydrogen) atoms. The third-order valence-corrected chi connectivity index (χ3v) is 2.29. The van der Waals surface area contributed by atoms with Crippen molar-refractivity contribution in [2.45, 2.75) is 26.6 Å². The summed E-state index contributed by atoms with van der Waals surface area (Å²) in [5.41, 5.74) is 0.0344. The van der Waals surface area contributed by atoms with Gasteiger partial charge in [0, 0.05) is 12.5 Å². The number of carbonyl (C=O) groups is 1. The number of nitrogens with zero attached hydrogens (tertiary/aromatic N) is 1. The Balaban J connectivity index is 2.33. The van der Waals surface area contributed by atoms with Crippen LogP contribution < -0.4 is 0 Å². The van der Waals surface area contributed by atoms with Crippen LogP contribution in [-0.2, 0) is 19.1 Å². The van der Waals surface area contributed by atoms with Crippen LogP contribution in [0.2, 0.25) is 0 Å². The number of hydrogen-bond acceptors (Lipinski definition) is 4. The van der Waals surface area contributed by atoms with Crippen LogP contribution in [-0.4, -0.2) is 44.6 Å². The molecule has 1 heterocycles. The van der Waals surface area contributed by atoms with Gasteiger partial charge in [0.1, 0.15) is 0 Å². The molecule has 0 aromatic rings. The number of hydrogen-bond donors (Lipinski definition) is 0. The highest BCUT2D eigenvalue weighted by Gasteiger charge is 2.30. The zero-order valence-electron chi connectivity index (χ0n) is 9.78. The summed E-state index contributed by atoms with van der Waals surface area (Å²) in [4.78, 5) is 16.2. The van der Waals surface area contributed by atoms with Gasteiger partial charge < -0.3 is 9.47 Å². The van der Waals surface area contributed by atoms with Gasteiger partial charge in [-0.25, -0.2) is 5.06 Å². The molecule has 1 aliphatic rings. The SMILES string of the molecule is CON(C)C(=O)CC1OCC(C)(C)CO1. The van der Waals surface area contributed by atoms with Crippen LogP contribution in [0.15, 0.2) is 0 Å². The molecular formula is C10H19NO4. The van der Waals surface area contributed by atoms with E-state index >= 15 is 0 Å². The Morgan fingerprint density at radius 2 is 2.00 bits per heavy atom. The highest BCUT2D eigenvalue weighted by molar-refractivity contribution is 5.75. The summed E-state index contributed by atoms with van der Waals surface area (Å²) in [7, 11) is 3.01. The first-order valence-electron chi connectivity index (χ1n) is 4.98. The van der Waals surface area contributed by atoms with Crippen LogP contribution in [0.4, 0.5) is 0 Å². The Labute approximate surface area is 90.2 Å². The lowest BCUT2D eigenvalue weighted by atomic mass is 9.95. The van der Waals surface area contributed by atoms with Crippen molar-refractivity contribution in [2.24, 2.45) is 5.41 Å². The second kappa shape index (κ2) is 4.92. The van der Waals surface area contributed by atoms with Gasteiger partial charge in [-0.1, -0.05) is 13.8 Å². The predicted molar refractivity (Wildman–Crippen MR) is 53.9 cm³/mol. The minimum atomic E-state index is -0.442. The Kier molecular flexibility index (Phi) is 4.07. The molecule has 0 unspecified atom stereocenters. The van der Waals surface area contributed by atoms with Gasteiger partial charge in [-0.2, -0.15) is 0 Å². The Morgan fingerprint density at radius 3 is 2.47 bits per heavy atom. The van der Waals surface area contributed by atoms with Gasteiger partial charge in [0.15, 0.2) is 6.29 Å². The molecule has 0 bridgehead atoms. The topological polar surface area (TPSA) is 48.0 Å². The predicted octanol–water partition coefficient (Wildman–Crippen LogP) is 0.795. The fraction of sp³-hybridized carbons (Fsp3) is 0.900. The second-order valence-corrected chi connectivity index (χ2v) is 4.49. The van der Waals surface area contributed by atoms with Gasteiger partial charge in [-0.05, 0) is 0 Å². The van der Waals surface area contributed by atoms with Gasteiger partial charge in [0.05, 0.1) is 26.7 Å². The molecule has 0 aromatic carbocycles. The van der Waals surface area contributed by atoms with Crippen LogP contribution in [0.25, 0.3) is 0 Å². The van der Waals surface area contributed by atoms with Crippen molar-refractivity contribution in [3.05, 3.63) is 0 Å². The molecule has 1 amide bonds. The molecular weight excluding hydrogens is 198 g/mol. The highest BCUT2D eigenvalue weighted by atomic mass is 16.7. The maximum atomic E-state index is 11.4. The normalized spacial score (nSPS) is 21.3. The van der Waals surface area contributed by atoms with Crippen molar-refractivity contribution in [1.29, 1.82) is 0 Å². The number of ether oxygens (including phenoxy) is 2. The van der Waals surface area contributed by atoms with E-state index in [9.17, 15) is 4.79 Å². The number of amides is 1. The first-order valence-corrected chi connectivity index (χ1v) is 4.98. The molecule has 1 rings (SSSR count). The second-order valence-electron chi connectivity index (χ2n) is 4.49. The Hall–Kier alpha value is -0.650. The van der Waals surface area contributed by atoms with Gasteiger partial charge >= 0.3 is 0 Å². The molecule has 5 nitrogen and oxygen atoms in total. The number of carbonyl (C=O) groups excluding carboxylic acids is 1. The molecule has 88 valence electrons. The summed E-state index contributed by atoms with van der Waals surface area (Å²) < 4.78 is 10.9. The summed E-state index contributed by atoms with van der Waals surface area (Å²) in [6.07, 6.45) is -0.247. The lowest BCUT2D eigenvalue weighted by molar-refractivity contribution is -0.229. The molecule has 1 aliphatic heterocycles. The molecule has 0 spiro atoms. The third kappa shape index (κ3) is 3.77. The minimum absolute atomic E-state index is 0.0344. The summed E-state index contributed by atoms with van der Waals surface area (Å²) in [5.74, 6) is -0.151. The zero-order chi connectivity index (χ0) is 11.5. The molecule has 0 aromatic heterocycles. The quantitative estimate of drug-likeness (QED) is 0.656. The summed E-state index contributed by atoms with van der Waals surface area (Å²) in [6, 6.07) is 0. The van der Waals surface area contributed by atoms with Crippen LogP contribution in [0.3, 0.4) is 0 Å². The first kappa shape index (κ1) is 12.4. The van der Waals surface area contributed by atoms with E-state index in [4.69, 9.17) is 14.3 Å². The van der Waals surface area contributed by atoms with Crippen molar-refractivity contribution >= 4 is 5.91 Å². The van der Waals surface area contributed by atoms with E-state index in [-0.39, 0.29) is 17.7 Å². The molecule has 1 fully saturated rings. The van der Waals surface area contributed by atoms with Crippen molar-refractivity contribution in [2.75, 3.05) is 27.4 Å². The molecule has 0 radical (unpaired) electrons. The van der Waals surface area contributed by atoms with Crippen molar-refractivity contribution in [1.82, 2.24) is 5.06 Å². The summed E-state index contributed by atoms with van der Waals surface area (Å²) >= 11 is 0. The van der Waals surface area contributed by atoms with Crippen LogP contribution >= 0.6 is 0 Å². The van der Waals surface area contributed by atoms with Gasteiger partial charge in [-0.15, -0.1) is 0 Å². The van der Waals surface area contributed by atoms with E-state index in [0.717, 1.165) is 0 Å². The van der Waals surface area contributed by atoms with Gasteiger partial charge in [0.25, 0.3) is 5.91 Å². The summed E-state index contributed by atoms with van der Waals surface area (Å²) in [5, 5.41) is 1.17.